The molecule has 0 aliphatic heterocycles. The van der Waals surface area contributed by atoms with Gasteiger partial charge < -0.3 is 0 Å². The van der Waals surface area contributed by atoms with Crippen LogP contribution in [0, 0.1) is 6.92 Å². The van der Waals surface area contributed by atoms with E-state index in [1.54, 1.807) is 0 Å². The Morgan fingerprint density at radius 1 is 1.19 bits per heavy atom. The number of aromatic nitrogens is 1. The lowest BCUT2D eigenvalue weighted by atomic mass is 9.92. The van der Waals surface area contributed by atoms with Gasteiger partial charge in [0.15, 0.2) is 0 Å². The molecule has 0 fully saturated rings. The average molecular weight is 213 g/mol. The number of aryl methyl sites for hydroxylation is 1. The van der Waals surface area contributed by atoms with E-state index in [1.807, 2.05) is 0 Å². The van der Waals surface area contributed by atoms with Crippen molar-refractivity contribution in [2.45, 2.75) is 40.0 Å². The Morgan fingerprint density at radius 3 is 2.50 bits per heavy atom. The molecule has 1 heteroatoms. The summed E-state index contributed by atoms with van der Waals surface area (Å²) in [5.74, 6) is 0.554. The Bertz CT molecular complexity index is 512. The van der Waals surface area contributed by atoms with Gasteiger partial charge in [-0.1, -0.05) is 39.0 Å². The first-order valence-corrected chi connectivity index (χ1v) is 6.03. The van der Waals surface area contributed by atoms with Crippen LogP contribution < -0.4 is 0 Å². The molecule has 0 amide bonds. The van der Waals surface area contributed by atoms with Crippen LogP contribution in [0.4, 0.5) is 0 Å². The minimum Gasteiger partial charge on any atom is -0.253 e. The van der Waals surface area contributed by atoms with E-state index in [4.69, 9.17) is 4.98 Å². The highest BCUT2D eigenvalue weighted by molar-refractivity contribution is 5.84. The molecule has 1 nitrogen and oxygen atoms in total. The Morgan fingerprint density at radius 2 is 1.88 bits per heavy atom. The fourth-order valence-electron chi connectivity index (χ4n) is 2.47. The van der Waals surface area contributed by atoms with Crippen molar-refractivity contribution in [3.8, 4) is 0 Å². The fourth-order valence-corrected chi connectivity index (χ4v) is 2.47. The third kappa shape index (κ3) is 1.71. The standard InChI is InChI=1S/C15H19N/c1-5-13-11(4)15(10(2)3)12-8-6-7-9-14(12)16-13/h6-10H,5H2,1-4H3. The van der Waals surface area contributed by atoms with Gasteiger partial charge in [0, 0.05) is 11.1 Å². The first-order valence-electron chi connectivity index (χ1n) is 6.03. The van der Waals surface area contributed by atoms with Crippen molar-refractivity contribution < 1.29 is 0 Å². The molecule has 0 saturated carbocycles. The summed E-state index contributed by atoms with van der Waals surface area (Å²) in [7, 11) is 0. The second-order valence-electron chi connectivity index (χ2n) is 4.62. The lowest BCUT2D eigenvalue weighted by Gasteiger charge is -2.16. The number of hydrogen-bond donors (Lipinski definition) is 0. The molecule has 1 aromatic carbocycles. The highest BCUT2D eigenvalue weighted by Crippen LogP contribution is 2.29. The van der Waals surface area contributed by atoms with E-state index in [0.29, 0.717) is 5.92 Å². The summed E-state index contributed by atoms with van der Waals surface area (Å²) in [5.41, 5.74) is 5.20. The predicted molar refractivity (Wildman–Crippen MR) is 69.9 cm³/mol. The van der Waals surface area contributed by atoms with Gasteiger partial charge in [0.1, 0.15) is 0 Å². The molecule has 84 valence electrons. The van der Waals surface area contributed by atoms with Gasteiger partial charge in [-0.05, 0) is 36.5 Å². The van der Waals surface area contributed by atoms with Gasteiger partial charge in [-0.15, -0.1) is 0 Å². The van der Waals surface area contributed by atoms with Gasteiger partial charge in [0.2, 0.25) is 0 Å². The molecule has 0 aliphatic carbocycles. The number of benzene rings is 1. The van der Waals surface area contributed by atoms with Crippen LogP contribution in [0.25, 0.3) is 10.9 Å². The first-order chi connectivity index (χ1) is 7.65. The maximum atomic E-state index is 4.74. The van der Waals surface area contributed by atoms with E-state index < -0.39 is 0 Å². The molecule has 0 bridgehead atoms. The summed E-state index contributed by atoms with van der Waals surface area (Å²) in [6, 6.07) is 8.46. The van der Waals surface area contributed by atoms with E-state index >= 15 is 0 Å². The van der Waals surface area contributed by atoms with E-state index in [1.165, 1.54) is 22.2 Å². The minimum atomic E-state index is 0.554. The predicted octanol–water partition coefficient (Wildman–Crippen LogP) is 4.23. The number of rotatable bonds is 2. The maximum absolute atomic E-state index is 4.74. The van der Waals surface area contributed by atoms with Crippen LogP contribution in [0.3, 0.4) is 0 Å². The number of pyridine rings is 1. The van der Waals surface area contributed by atoms with Gasteiger partial charge in [-0.2, -0.15) is 0 Å². The molecule has 0 atom stereocenters. The maximum Gasteiger partial charge on any atom is 0.0708 e. The molecule has 0 N–H and O–H groups in total. The third-order valence-electron chi connectivity index (χ3n) is 3.20. The molecule has 0 saturated heterocycles. The third-order valence-corrected chi connectivity index (χ3v) is 3.20. The molecule has 2 rings (SSSR count). The summed E-state index contributed by atoms with van der Waals surface area (Å²) in [6.45, 7) is 8.89. The average Bonchev–Trinajstić information content (AvgIpc) is 2.27. The molecule has 0 aliphatic rings. The van der Waals surface area contributed by atoms with E-state index in [-0.39, 0.29) is 0 Å². The van der Waals surface area contributed by atoms with Crippen molar-refractivity contribution >= 4 is 10.9 Å². The molecule has 0 spiro atoms. The molecular formula is C15H19N. The summed E-state index contributed by atoms with van der Waals surface area (Å²) < 4.78 is 0. The zero-order valence-corrected chi connectivity index (χ0v) is 10.5. The van der Waals surface area contributed by atoms with Gasteiger partial charge in [-0.25, -0.2) is 0 Å². The Labute approximate surface area is 97.5 Å². The number of fused-ring (bicyclic) bond motifs is 1. The zero-order chi connectivity index (χ0) is 11.7. The number of hydrogen-bond acceptors (Lipinski definition) is 1. The topological polar surface area (TPSA) is 12.9 Å². The second-order valence-corrected chi connectivity index (χ2v) is 4.62. The quantitative estimate of drug-likeness (QED) is 0.727. The van der Waals surface area contributed by atoms with Crippen LogP contribution >= 0.6 is 0 Å². The van der Waals surface area contributed by atoms with Gasteiger partial charge in [-0.3, -0.25) is 4.98 Å². The lowest BCUT2D eigenvalue weighted by molar-refractivity contribution is 0.853. The van der Waals surface area contributed by atoms with Crippen molar-refractivity contribution in [2.24, 2.45) is 0 Å². The minimum absolute atomic E-state index is 0.554. The van der Waals surface area contributed by atoms with Gasteiger partial charge >= 0.3 is 0 Å². The normalized spacial score (nSPS) is 11.3. The first kappa shape index (κ1) is 11.1. The van der Waals surface area contributed by atoms with Crippen molar-refractivity contribution in [3.05, 3.63) is 41.1 Å². The molecule has 0 radical (unpaired) electrons. The molecule has 16 heavy (non-hydrogen) atoms. The summed E-state index contributed by atoms with van der Waals surface area (Å²) >= 11 is 0. The van der Waals surface area contributed by atoms with Crippen LogP contribution in [0.5, 0.6) is 0 Å². The SMILES string of the molecule is CCc1nc2ccccc2c(C(C)C)c1C. The largest absolute Gasteiger partial charge is 0.253 e. The summed E-state index contributed by atoms with van der Waals surface area (Å²) in [4.78, 5) is 4.74. The van der Waals surface area contributed by atoms with E-state index in [9.17, 15) is 0 Å². The highest BCUT2D eigenvalue weighted by atomic mass is 14.7. The Hall–Kier alpha value is -1.37. The zero-order valence-electron chi connectivity index (χ0n) is 10.5. The van der Waals surface area contributed by atoms with Crippen molar-refractivity contribution in [1.29, 1.82) is 0 Å². The summed E-state index contributed by atoms with van der Waals surface area (Å²) in [5, 5.41) is 1.31. The van der Waals surface area contributed by atoms with Crippen LogP contribution in [0.15, 0.2) is 24.3 Å². The second kappa shape index (κ2) is 4.25. The lowest BCUT2D eigenvalue weighted by Crippen LogP contribution is -2.01. The van der Waals surface area contributed by atoms with Gasteiger partial charge in [0.25, 0.3) is 0 Å². The fraction of sp³-hybridized carbons (Fsp3) is 0.400. The van der Waals surface area contributed by atoms with Crippen molar-refractivity contribution in [1.82, 2.24) is 4.98 Å². The van der Waals surface area contributed by atoms with Crippen molar-refractivity contribution in [3.63, 3.8) is 0 Å². The van der Waals surface area contributed by atoms with Crippen LogP contribution in [0.2, 0.25) is 0 Å². The molecule has 2 aromatic rings. The Balaban J connectivity index is 2.85. The molecule has 1 heterocycles. The Kier molecular flexibility index (Phi) is 2.95. The van der Waals surface area contributed by atoms with Crippen LogP contribution in [0.1, 0.15) is 43.5 Å². The number of nitrogens with zero attached hydrogens (tertiary/aromatic N) is 1. The monoisotopic (exact) mass is 213 g/mol. The van der Waals surface area contributed by atoms with Gasteiger partial charge in [0.05, 0.1) is 5.52 Å². The summed E-state index contributed by atoms with van der Waals surface area (Å²) in [6.07, 6.45) is 1.01. The molecule has 1 aromatic heterocycles. The number of para-hydroxylation sites is 1. The van der Waals surface area contributed by atoms with E-state index in [2.05, 4.69) is 52.0 Å². The van der Waals surface area contributed by atoms with Crippen LogP contribution in [-0.4, -0.2) is 4.98 Å². The highest BCUT2D eigenvalue weighted by Gasteiger charge is 2.12. The van der Waals surface area contributed by atoms with E-state index in [0.717, 1.165) is 11.9 Å². The molecular weight excluding hydrogens is 194 g/mol. The van der Waals surface area contributed by atoms with Crippen LogP contribution in [-0.2, 0) is 6.42 Å². The smallest absolute Gasteiger partial charge is 0.0708 e. The van der Waals surface area contributed by atoms with Crippen molar-refractivity contribution in [2.75, 3.05) is 0 Å². The molecule has 0 unspecified atom stereocenters.